The van der Waals surface area contributed by atoms with Crippen LogP contribution < -0.4 is 5.32 Å². The summed E-state index contributed by atoms with van der Waals surface area (Å²) in [5.74, 6) is 0. The maximum absolute atomic E-state index is 11.6. The summed E-state index contributed by atoms with van der Waals surface area (Å²) >= 11 is 0. The van der Waals surface area contributed by atoms with E-state index in [0.29, 0.717) is 19.6 Å². The Bertz CT molecular complexity index is 353. The quantitative estimate of drug-likeness (QED) is 0.794. The zero-order valence-electron chi connectivity index (χ0n) is 12.5. The molecule has 0 aromatic carbocycles. The van der Waals surface area contributed by atoms with Crippen LogP contribution in [-0.2, 0) is 9.47 Å². The van der Waals surface area contributed by atoms with Crippen LogP contribution in [0.4, 0.5) is 9.59 Å². The number of likely N-dealkylation sites (tertiary alicyclic amines) is 1. The van der Waals surface area contributed by atoms with Crippen molar-refractivity contribution in [2.45, 2.75) is 51.9 Å². The Balaban J connectivity index is 2.45. The lowest BCUT2D eigenvalue weighted by molar-refractivity contribution is 0.0175. The largest absolute Gasteiger partial charge is 0.450 e. The molecule has 1 saturated heterocycles. The van der Waals surface area contributed by atoms with Gasteiger partial charge in [0, 0.05) is 6.54 Å². The molecule has 7 heteroatoms. The zero-order chi connectivity index (χ0) is 15.3. The van der Waals surface area contributed by atoms with Crippen LogP contribution in [0.25, 0.3) is 0 Å². The number of piperidine rings is 1. The fraction of sp³-hybridized carbons (Fsp3) is 0.846. The maximum Gasteiger partial charge on any atom is 0.409 e. The molecule has 1 fully saturated rings. The second kappa shape index (κ2) is 6.78. The fourth-order valence-electron chi connectivity index (χ4n) is 1.94. The maximum atomic E-state index is 11.6. The number of rotatable bonds is 2. The molecule has 116 valence electrons. The van der Waals surface area contributed by atoms with Gasteiger partial charge in [-0.2, -0.15) is 0 Å². The molecule has 0 radical (unpaired) electrons. The van der Waals surface area contributed by atoms with Crippen molar-refractivity contribution in [2.24, 2.45) is 0 Å². The molecule has 0 spiro atoms. The Morgan fingerprint density at radius 2 is 2.05 bits per heavy atom. The molecule has 1 aliphatic rings. The molecule has 0 aromatic rings. The summed E-state index contributed by atoms with van der Waals surface area (Å²) in [5, 5.41) is 12.6. The predicted molar refractivity (Wildman–Crippen MR) is 72.4 cm³/mol. The number of ether oxygens (including phenoxy) is 2. The number of aliphatic hydroxyl groups excluding tert-OH is 1. The molecule has 20 heavy (non-hydrogen) atoms. The summed E-state index contributed by atoms with van der Waals surface area (Å²) in [5.41, 5.74) is -0.583. The first-order valence-corrected chi connectivity index (χ1v) is 6.82. The first-order chi connectivity index (χ1) is 9.23. The highest BCUT2D eigenvalue weighted by atomic mass is 16.6. The summed E-state index contributed by atoms with van der Waals surface area (Å²) in [6.07, 6.45) is -1.38. The summed E-state index contributed by atoms with van der Waals surface area (Å²) in [4.78, 5) is 24.6. The Morgan fingerprint density at radius 3 is 2.55 bits per heavy atom. The van der Waals surface area contributed by atoms with Gasteiger partial charge in [0.2, 0.25) is 0 Å². The number of hydrogen-bond acceptors (Lipinski definition) is 5. The Morgan fingerprint density at radius 1 is 1.40 bits per heavy atom. The zero-order valence-corrected chi connectivity index (χ0v) is 12.5. The summed E-state index contributed by atoms with van der Waals surface area (Å²) in [6, 6.07) is -0.421. The van der Waals surface area contributed by atoms with Gasteiger partial charge in [-0.1, -0.05) is 0 Å². The molecule has 7 nitrogen and oxygen atoms in total. The molecule has 1 rings (SSSR count). The van der Waals surface area contributed by atoms with Crippen LogP contribution in [0.2, 0.25) is 0 Å². The standard InChI is InChI=1S/C13H24N2O5/c1-5-19-12(18)15-7-6-9(10(16)8-15)14-11(17)20-13(2,3)4/h9-10,16H,5-8H2,1-4H3,(H,14,17)/t9-,10+/m1/s1. The molecule has 2 atom stereocenters. The molecular formula is C13H24N2O5. The van der Waals surface area contributed by atoms with E-state index in [0.717, 1.165) is 0 Å². The van der Waals surface area contributed by atoms with Crippen molar-refractivity contribution in [3.8, 4) is 0 Å². The highest BCUT2D eigenvalue weighted by Gasteiger charge is 2.32. The smallest absolute Gasteiger partial charge is 0.409 e. The summed E-state index contributed by atoms with van der Waals surface area (Å²) in [6.45, 7) is 7.90. The van der Waals surface area contributed by atoms with E-state index in [1.165, 1.54) is 4.90 Å². The van der Waals surface area contributed by atoms with Crippen LogP contribution >= 0.6 is 0 Å². The average Bonchev–Trinajstić information content (AvgIpc) is 2.29. The number of amides is 2. The highest BCUT2D eigenvalue weighted by Crippen LogP contribution is 2.14. The summed E-state index contributed by atoms with van der Waals surface area (Å²) < 4.78 is 10.0. The van der Waals surface area contributed by atoms with Crippen LogP contribution in [0.5, 0.6) is 0 Å². The number of nitrogens with zero attached hydrogens (tertiary/aromatic N) is 1. The number of nitrogens with one attached hydrogen (secondary N) is 1. The SMILES string of the molecule is CCOC(=O)N1CC[C@@H](NC(=O)OC(C)(C)C)[C@@H](O)C1. The third-order valence-corrected chi connectivity index (χ3v) is 2.81. The van der Waals surface area contributed by atoms with Gasteiger partial charge in [-0.15, -0.1) is 0 Å². The van der Waals surface area contributed by atoms with E-state index < -0.39 is 29.9 Å². The van der Waals surface area contributed by atoms with Crippen LogP contribution in [0.1, 0.15) is 34.1 Å². The van der Waals surface area contributed by atoms with E-state index in [2.05, 4.69) is 5.32 Å². The van der Waals surface area contributed by atoms with Gasteiger partial charge in [-0.05, 0) is 34.1 Å². The second-order valence-electron chi connectivity index (χ2n) is 5.75. The molecule has 2 N–H and O–H groups in total. The van der Waals surface area contributed by atoms with E-state index in [4.69, 9.17) is 9.47 Å². The van der Waals surface area contributed by atoms with Gasteiger partial charge in [-0.3, -0.25) is 0 Å². The van der Waals surface area contributed by atoms with E-state index in [9.17, 15) is 14.7 Å². The minimum Gasteiger partial charge on any atom is -0.450 e. The molecule has 0 saturated carbocycles. The summed E-state index contributed by atoms with van der Waals surface area (Å²) in [7, 11) is 0. The van der Waals surface area contributed by atoms with Crippen molar-refractivity contribution < 1.29 is 24.2 Å². The fourth-order valence-corrected chi connectivity index (χ4v) is 1.94. The normalized spacial score (nSPS) is 23.1. The second-order valence-corrected chi connectivity index (χ2v) is 5.75. The third-order valence-electron chi connectivity index (χ3n) is 2.81. The van der Waals surface area contributed by atoms with Gasteiger partial charge >= 0.3 is 12.2 Å². The highest BCUT2D eigenvalue weighted by molar-refractivity contribution is 5.69. The first-order valence-electron chi connectivity index (χ1n) is 6.82. The monoisotopic (exact) mass is 288 g/mol. The molecule has 1 aliphatic heterocycles. The van der Waals surface area contributed by atoms with Gasteiger partial charge in [0.05, 0.1) is 25.3 Å². The number of carbonyl (C=O) groups is 2. The molecule has 0 unspecified atom stereocenters. The number of carbonyl (C=O) groups excluding carboxylic acids is 2. The van der Waals surface area contributed by atoms with Gasteiger partial charge < -0.3 is 24.8 Å². The lowest BCUT2D eigenvalue weighted by atomic mass is 10.0. The molecule has 0 bridgehead atoms. The van der Waals surface area contributed by atoms with Gasteiger partial charge in [-0.25, -0.2) is 9.59 Å². The Kier molecular flexibility index (Phi) is 5.62. The van der Waals surface area contributed by atoms with Crippen LogP contribution in [0.15, 0.2) is 0 Å². The van der Waals surface area contributed by atoms with Crippen molar-refractivity contribution in [3.63, 3.8) is 0 Å². The third kappa shape index (κ3) is 5.24. The predicted octanol–water partition coefficient (Wildman–Crippen LogP) is 1.10. The van der Waals surface area contributed by atoms with Crippen LogP contribution in [-0.4, -0.2) is 59.6 Å². The first kappa shape index (κ1) is 16.6. The van der Waals surface area contributed by atoms with Crippen molar-refractivity contribution in [1.29, 1.82) is 0 Å². The lowest BCUT2D eigenvalue weighted by Crippen LogP contribution is -2.55. The minimum absolute atomic E-state index is 0.138. The number of hydrogen-bond donors (Lipinski definition) is 2. The Labute approximate surface area is 119 Å². The van der Waals surface area contributed by atoms with Crippen LogP contribution in [0.3, 0.4) is 0 Å². The number of alkyl carbamates (subject to hydrolysis) is 1. The van der Waals surface area contributed by atoms with E-state index >= 15 is 0 Å². The van der Waals surface area contributed by atoms with E-state index in [-0.39, 0.29) is 6.54 Å². The lowest BCUT2D eigenvalue weighted by Gasteiger charge is -2.35. The van der Waals surface area contributed by atoms with Crippen molar-refractivity contribution in [1.82, 2.24) is 10.2 Å². The topological polar surface area (TPSA) is 88.1 Å². The molecule has 0 aliphatic carbocycles. The number of β-amino-alcohol motifs (C(OH)–C–C–N with tert-alkyl or cyclic N) is 1. The van der Waals surface area contributed by atoms with Crippen LogP contribution in [0, 0.1) is 0 Å². The average molecular weight is 288 g/mol. The molecule has 2 amide bonds. The Hall–Kier alpha value is -1.50. The van der Waals surface area contributed by atoms with Gasteiger partial charge in [0.1, 0.15) is 5.60 Å². The minimum atomic E-state index is -0.833. The van der Waals surface area contributed by atoms with Crippen molar-refractivity contribution in [2.75, 3.05) is 19.7 Å². The van der Waals surface area contributed by atoms with E-state index in [1.807, 2.05) is 0 Å². The molecule has 1 heterocycles. The van der Waals surface area contributed by atoms with Gasteiger partial charge in [0.25, 0.3) is 0 Å². The van der Waals surface area contributed by atoms with Crippen molar-refractivity contribution in [3.05, 3.63) is 0 Å². The van der Waals surface area contributed by atoms with Gasteiger partial charge in [0.15, 0.2) is 0 Å². The molecule has 0 aromatic heterocycles. The molecular weight excluding hydrogens is 264 g/mol. The van der Waals surface area contributed by atoms with E-state index in [1.54, 1.807) is 27.7 Å². The van der Waals surface area contributed by atoms with Crippen molar-refractivity contribution >= 4 is 12.2 Å². The number of aliphatic hydroxyl groups is 1.